The molecule has 0 fully saturated rings. The predicted octanol–water partition coefficient (Wildman–Crippen LogP) is 27.6. The molecule has 0 atom stereocenters. The number of methoxy groups -OCH3 is 1. The topological polar surface area (TPSA) is 217 Å². The van der Waals surface area contributed by atoms with Gasteiger partial charge in [-0.25, -0.2) is 8.78 Å². The molecule has 0 bridgehead atoms. The fraction of sp³-hybridized carbons (Fsp3) is 0.0870. The van der Waals surface area contributed by atoms with Crippen LogP contribution in [-0.4, -0.2) is 68.3 Å². The SMILES string of the molecule is Brc1cccc(Nc2n[nH]c3c2Cc2sccc2-3)c1.COc1ccc(-c2n[nH]c3c2Cc2sc(Br)cc2-3)cc1.Clc1cccc(-c2n[nH]c3c2Cc2sccc2-3)c1.FC(F)(F)c1ccc(Nc2n[nH]c3c2Cc2sccc2-3)cc1.Fc1cccc(-c2n[nH]c3c2Cc2sccc2-3)c1.Fc1cccc(Nc2ccc(-c3n[nH]c4c3Cc3sccc3-4)cc2)c1. The van der Waals surface area contributed by atoms with E-state index in [1.807, 2.05) is 114 Å². The maximum absolute atomic E-state index is 13.3. The number of hydrogen-bond acceptors (Lipinski definition) is 16. The fourth-order valence-electron chi connectivity index (χ4n) is 16.0. The first-order valence-corrected chi connectivity index (χ1v) is 45.5. The number of anilines is 6. The second-order valence-electron chi connectivity index (χ2n) is 29.1. The number of benzene rings is 7. The summed E-state index contributed by atoms with van der Waals surface area (Å²) < 4.78 is 71.7. The first-order chi connectivity index (χ1) is 59.5. The quantitative estimate of drug-likeness (QED) is 0.0558. The highest BCUT2D eigenvalue weighted by Crippen LogP contribution is 2.50. The van der Waals surface area contributed by atoms with Crippen LogP contribution in [0.4, 0.5) is 56.3 Å². The molecule has 19 aromatic rings. The van der Waals surface area contributed by atoms with Crippen molar-refractivity contribution in [2.45, 2.75) is 44.7 Å². The smallest absolute Gasteiger partial charge is 0.416 e. The summed E-state index contributed by atoms with van der Waals surface area (Å²) in [6, 6.07) is 62.9. The van der Waals surface area contributed by atoms with E-state index in [4.69, 9.17) is 16.3 Å². The molecule has 0 unspecified atom stereocenters. The van der Waals surface area contributed by atoms with Gasteiger partial charge in [0.15, 0.2) is 11.6 Å². The Bertz CT molecular complexity index is 6970. The van der Waals surface area contributed by atoms with Crippen molar-refractivity contribution in [3.05, 3.63) is 326 Å². The molecule has 12 heterocycles. The number of H-pyrrole nitrogens is 6. The molecule has 122 heavy (non-hydrogen) atoms. The van der Waals surface area contributed by atoms with E-state index in [9.17, 15) is 22.0 Å². The van der Waals surface area contributed by atoms with E-state index in [-0.39, 0.29) is 11.6 Å². The molecule has 0 amide bonds. The van der Waals surface area contributed by atoms with Crippen molar-refractivity contribution in [3.8, 4) is 118 Å². The molecule has 0 radical (unpaired) electrons. The summed E-state index contributed by atoms with van der Waals surface area (Å²) in [5.74, 6) is 1.98. The highest BCUT2D eigenvalue weighted by atomic mass is 79.9. The summed E-state index contributed by atoms with van der Waals surface area (Å²) in [7, 11) is 1.68. The van der Waals surface area contributed by atoms with Gasteiger partial charge in [0.1, 0.15) is 17.4 Å². The highest BCUT2D eigenvalue weighted by molar-refractivity contribution is 9.11. The maximum atomic E-state index is 13.3. The molecule has 0 spiro atoms. The number of halogens is 8. The van der Waals surface area contributed by atoms with Crippen LogP contribution in [0.25, 0.3) is 113 Å². The number of ether oxygens (including phenoxy) is 1. The van der Waals surface area contributed by atoms with Gasteiger partial charge >= 0.3 is 6.18 Å². The molecule has 6 aliphatic carbocycles. The third-order valence-corrected chi connectivity index (χ3v) is 28.7. The fourth-order valence-corrected chi connectivity index (χ4v) is 22.7. The van der Waals surface area contributed by atoms with Crippen LogP contribution in [0.15, 0.2) is 241 Å². The molecule has 30 heteroatoms. The van der Waals surface area contributed by atoms with E-state index in [0.29, 0.717) is 11.5 Å². The normalized spacial score (nSPS) is 12.4. The lowest BCUT2D eigenvalue weighted by Crippen LogP contribution is -2.04. The Balaban J connectivity index is 0.0000000935. The molecule has 0 saturated carbocycles. The second kappa shape index (κ2) is 33.2. The summed E-state index contributed by atoms with van der Waals surface area (Å²) in [6.45, 7) is 0. The average molecular weight is 1880 g/mol. The summed E-state index contributed by atoms with van der Waals surface area (Å²) in [6.07, 6.45) is 1.21. The third-order valence-electron chi connectivity index (χ3n) is 21.7. The molecule has 12 aromatic heterocycles. The van der Waals surface area contributed by atoms with Crippen LogP contribution in [0, 0.1) is 11.6 Å². The van der Waals surface area contributed by atoms with Gasteiger partial charge in [0.25, 0.3) is 0 Å². The van der Waals surface area contributed by atoms with Crippen LogP contribution in [0.1, 0.15) is 68.2 Å². The number of thiophene rings is 6. The zero-order valence-corrected chi connectivity index (χ0v) is 72.7. The van der Waals surface area contributed by atoms with E-state index in [1.165, 1.54) is 131 Å². The van der Waals surface area contributed by atoms with Crippen molar-refractivity contribution >= 4 is 146 Å². The Morgan fingerprint density at radius 3 is 1.20 bits per heavy atom. The van der Waals surface area contributed by atoms with Crippen molar-refractivity contribution in [2.24, 2.45) is 0 Å². The number of nitrogens with zero attached hydrogens (tertiary/aromatic N) is 6. The number of hydrogen-bond donors (Lipinski definition) is 9. The van der Waals surface area contributed by atoms with Crippen LogP contribution in [0.5, 0.6) is 5.75 Å². The van der Waals surface area contributed by atoms with Gasteiger partial charge in [0.2, 0.25) is 0 Å². The maximum Gasteiger partial charge on any atom is 0.416 e. The van der Waals surface area contributed by atoms with Crippen LogP contribution in [0.2, 0.25) is 5.02 Å². The Morgan fingerprint density at radius 2 is 0.738 bits per heavy atom. The monoisotopic (exact) mass is 1870 g/mol. The lowest BCUT2D eigenvalue weighted by Gasteiger charge is -2.08. The van der Waals surface area contributed by atoms with Crippen molar-refractivity contribution in [3.63, 3.8) is 0 Å². The number of nitrogens with one attached hydrogen (secondary N) is 9. The third kappa shape index (κ3) is 15.6. The van der Waals surface area contributed by atoms with Crippen LogP contribution >= 0.6 is 111 Å². The van der Waals surface area contributed by atoms with Gasteiger partial charge in [0.05, 0.1) is 73.4 Å². The van der Waals surface area contributed by atoms with E-state index in [0.717, 1.165) is 173 Å². The molecule has 6 aliphatic rings. The zero-order valence-electron chi connectivity index (χ0n) is 63.8. The van der Waals surface area contributed by atoms with Crippen LogP contribution < -0.4 is 20.7 Å². The van der Waals surface area contributed by atoms with E-state index in [1.54, 1.807) is 75.9 Å². The predicted molar refractivity (Wildman–Crippen MR) is 491 cm³/mol. The second-order valence-corrected chi connectivity index (χ2v) is 38.0. The minimum Gasteiger partial charge on any atom is -0.497 e. The number of rotatable bonds is 11. The summed E-state index contributed by atoms with van der Waals surface area (Å²) in [5, 5.41) is 66.1. The molecule has 16 nitrogen and oxygen atoms in total. The Kier molecular flexibility index (Phi) is 21.4. The Labute approximate surface area is 739 Å². The van der Waals surface area contributed by atoms with Crippen LogP contribution in [-0.2, 0) is 44.7 Å². The average Bonchev–Trinajstić information content (AvgIpc) is 1.61. The number of fused-ring (bicyclic) bond motifs is 18. The molecule has 7 aromatic carbocycles. The van der Waals surface area contributed by atoms with Gasteiger partial charge in [-0.2, -0.15) is 43.8 Å². The van der Waals surface area contributed by atoms with Gasteiger partial charge in [-0.3, -0.25) is 30.6 Å². The van der Waals surface area contributed by atoms with Crippen molar-refractivity contribution < 1.29 is 26.7 Å². The van der Waals surface area contributed by atoms with Crippen molar-refractivity contribution in [1.82, 2.24) is 61.2 Å². The van der Waals surface area contributed by atoms with E-state index < -0.39 is 11.7 Å². The summed E-state index contributed by atoms with van der Waals surface area (Å²) >= 11 is 23.7. The molecular formula is C92H63Br2ClF5N15OS6. The minimum absolute atomic E-state index is 0.225. The van der Waals surface area contributed by atoms with Crippen LogP contribution in [0.3, 0.4) is 0 Å². The number of aromatic amines is 6. The lowest BCUT2D eigenvalue weighted by atomic mass is 10.1. The first-order valence-electron chi connectivity index (χ1n) is 38.3. The Hall–Kier alpha value is -11.9. The summed E-state index contributed by atoms with van der Waals surface area (Å²) in [4.78, 5) is 8.27. The Morgan fingerprint density at radius 1 is 0.361 bits per heavy atom. The largest absolute Gasteiger partial charge is 0.497 e. The number of alkyl halides is 3. The van der Waals surface area contributed by atoms with E-state index >= 15 is 0 Å². The minimum atomic E-state index is -4.32. The van der Waals surface area contributed by atoms with Gasteiger partial charge in [-0.1, -0.05) is 76.1 Å². The molecule has 25 rings (SSSR count). The van der Waals surface area contributed by atoms with Gasteiger partial charge < -0.3 is 20.7 Å². The van der Waals surface area contributed by atoms with Gasteiger partial charge in [-0.05, 0) is 201 Å². The van der Waals surface area contributed by atoms with Crippen molar-refractivity contribution in [1.29, 1.82) is 0 Å². The molecule has 0 aliphatic heterocycles. The highest BCUT2D eigenvalue weighted by Gasteiger charge is 2.34. The first kappa shape index (κ1) is 78.6. The molecule has 604 valence electrons. The molecule has 0 saturated heterocycles. The number of aromatic nitrogens is 12. The lowest BCUT2D eigenvalue weighted by molar-refractivity contribution is -0.137. The summed E-state index contributed by atoms with van der Waals surface area (Å²) in [5.41, 5.74) is 32.3. The molecular weight excluding hydrogens is 1810 g/mol. The van der Waals surface area contributed by atoms with Gasteiger partial charge in [-0.15, -0.1) is 68.0 Å². The van der Waals surface area contributed by atoms with Crippen molar-refractivity contribution in [2.75, 3.05) is 23.1 Å². The van der Waals surface area contributed by atoms with E-state index in [2.05, 4.69) is 179 Å². The van der Waals surface area contributed by atoms with Gasteiger partial charge in [0, 0.05) is 189 Å². The zero-order chi connectivity index (χ0) is 82.9. The molecule has 9 N–H and O–H groups in total. The standard InChI is InChI=1S/C20H14FN3S.C15H11BrN2OS.C15H10F3N3S.C14H10BrN3S.C14H9ClN2S.C14H9FN2S/c21-13-2-1-3-15(10-13)22-14-6-4-12(5-7-14)19-17-11-18-16(8-9-25-18)20(17)24-23-19;1-19-9-4-2-8(3-5-9)14-11-6-12-10(7-13(16)20-12)15(11)18-17-14;16-15(17,18)8-1-3-9(4-2-8)19-14-11-7-12-10(5-6-22-12)13(11)20-21-14;15-8-2-1-3-9(6-8)16-14-11-7-12-10(4-5-19-12)13(11)17-18-14;2*15-9-3-1-2-8(6-9)13-11-7-12-10(4-5-18-12)14(11)17-16-13/h1-10,22H,11H2,(H,23,24);2-5,7H,6H2,1H3,(H,17,18);1-6H,7H2,(H2,19,20,21);1-6H,7H2,(H2,16,17,18);2*1-6H,7H2,(H,16,17).